The number of hydrogen-bond donors (Lipinski definition) is 0. The molecule has 68 valence electrons. The Bertz CT molecular complexity index is 452. The fraction of sp³-hybridized carbons (Fsp3) is 0.111. The molecule has 0 N–H and O–H groups in total. The van der Waals surface area contributed by atoms with Crippen molar-refractivity contribution in [2.24, 2.45) is 0 Å². The van der Waals surface area contributed by atoms with E-state index in [0.29, 0.717) is 11.3 Å². The highest BCUT2D eigenvalue weighted by Crippen LogP contribution is 2.34. The summed E-state index contributed by atoms with van der Waals surface area (Å²) in [5.41, 5.74) is 0.980. The minimum atomic E-state index is -0.189. The molecule has 0 unspecified atom stereocenters. The van der Waals surface area contributed by atoms with Gasteiger partial charge in [-0.15, -0.1) is 22.9 Å². The molecule has 0 aliphatic heterocycles. The first-order valence-corrected chi connectivity index (χ1v) is 5.79. The van der Waals surface area contributed by atoms with Crippen molar-refractivity contribution < 1.29 is 4.39 Å². The Morgan fingerprint density at radius 3 is 2.92 bits per heavy atom. The predicted molar refractivity (Wildman–Crippen MR) is 59.0 cm³/mol. The van der Waals surface area contributed by atoms with Crippen molar-refractivity contribution in [1.29, 1.82) is 0 Å². The van der Waals surface area contributed by atoms with Gasteiger partial charge in [-0.05, 0) is 33.6 Å². The Balaban J connectivity index is 2.83. The number of halogens is 3. The lowest BCUT2D eigenvalue weighted by atomic mass is 10.2. The first-order valence-electron chi connectivity index (χ1n) is 3.65. The predicted octanol–water partition coefficient (Wildman–Crippen LogP) is 4.54. The average molecular weight is 280 g/mol. The molecular weight excluding hydrogens is 275 g/mol. The van der Waals surface area contributed by atoms with Crippen LogP contribution in [0.4, 0.5) is 4.39 Å². The molecule has 1 heterocycles. The molecule has 0 saturated carbocycles. The van der Waals surface area contributed by atoms with Crippen molar-refractivity contribution in [3.05, 3.63) is 33.4 Å². The summed E-state index contributed by atoms with van der Waals surface area (Å²) < 4.78 is 15.1. The van der Waals surface area contributed by atoms with E-state index < -0.39 is 0 Å². The van der Waals surface area contributed by atoms with Crippen LogP contribution in [0.5, 0.6) is 0 Å². The summed E-state index contributed by atoms with van der Waals surface area (Å²) >= 11 is 10.6. The number of benzene rings is 1. The van der Waals surface area contributed by atoms with Gasteiger partial charge in [0.05, 0.1) is 3.79 Å². The van der Waals surface area contributed by atoms with E-state index in [1.165, 1.54) is 17.4 Å². The second-order valence-electron chi connectivity index (χ2n) is 2.63. The largest absolute Gasteiger partial charge is 0.206 e. The molecule has 0 nitrogen and oxygen atoms in total. The van der Waals surface area contributed by atoms with Gasteiger partial charge in [0.25, 0.3) is 0 Å². The maximum absolute atomic E-state index is 13.3. The van der Waals surface area contributed by atoms with Crippen LogP contribution in [0, 0.1) is 5.82 Å². The van der Waals surface area contributed by atoms with E-state index in [-0.39, 0.29) is 5.82 Å². The molecule has 0 aliphatic rings. The van der Waals surface area contributed by atoms with Crippen molar-refractivity contribution in [3.63, 3.8) is 0 Å². The Kier molecular flexibility index (Phi) is 2.58. The van der Waals surface area contributed by atoms with Crippen molar-refractivity contribution in [3.8, 4) is 0 Å². The van der Waals surface area contributed by atoms with Gasteiger partial charge in [0.2, 0.25) is 0 Å². The SMILES string of the molecule is Fc1ccc(CCl)c2sc(Br)cc12. The van der Waals surface area contributed by atoms with Crippen LogP contribution in [-0.4, -0.2) is 0 Å². The first kappa shape index (κ1) is 9.44. The molecule has 0 spiro atoms. The molecule has 0 atom stereocenters. The highest BCUT2D eigenvalue weighted by atomic mass is 79.9. The van der Waals surface area contributed by atoms with E-state index in [0.717, 1.165) is 14.0 Å². The Hall–Kier alpha value is -0.120. The summed E-state index contributed by atoms with van der Waals surface area (Å²) in [6, 6.07) is 4.97. The van der Waals surface area contributed by atoms with Crippen molar-refractivity contribution in [2.45, 2.75) is 5.88 Å². The summed E-state index contributed by atoms with van der Waals surface area (Å²) in [5.74, 6) is 0.231. The van der Waals surface area contributed by atoms with E-state index in [2.05, 4.69) is 15.9 Å². The van der Waals surface area contributed by atoms with Crippen LogP contribution in [0.3, 0.4) is 0 Å². The maximum atomic E-state index is 13.3. The molecular formula is C9H5BrClFS. The molecule has 0 saturated heterocycles. The molecule has 13 heavy (non-hydrogen) atoms. The maximum Gasteiger partial charge on any atom is 0.131 e. The van der Waals surface area contributed by atoms with E-state index in [4.69, 9.17) is 11.6 Å². The monoisotopic (exact) mass is 278 g/mol. The van der Waals surface area contributed by atoms with Crippen LogP contribution < -0.4 is 0 Å². The van der Waals surface area contributed by atoms with Gasteiger partial charge in [0.15, 0.2) is 0 Å². The zero-order valence-electron chi connectivity index (χ0n) is 6.48. The second kappa shape index (κ2) is 3.56. The normalized spacial score (nSPS) is 11.0. The van der Waals surface area contributed by atoms with Gasteiger partial charge in [-0.3, -0.25) is 0 Å². The third kappa shape index (κ3) is 1.60. The van der Waals surface area contributed by atoms with Crippen molar-refractivity contribution >= 4 is 49.0 Å². The molecule has 0 bridgehead atoms. The third-order valence-electron chi connectivity index (χ3n) is 1.83. The summed E-state index contributed by atoms with van der Waals surface area (Å²) in [6.45, 7) is 0. The van der Waals surface area contributed by atoms with Crippen LogP contribution in [0.25, 0.3) is 10.1 Å². The molecule has 1 aromatic carbocycles. The quantitative estimate of drug-likeness (QED) is 0.672. The lowest BCUT2D eigenvalue weighted by Gasteiger charge is -1.97. The number of thiophene rings is 1. The lowest BCUT2D eigenvalue weighted by Crippen LogP contribution is -1.80. The van der Waals surface area contributed by atoms with E-state index in [1.807, 2.05) is 0 Å². The van der Waals surface area contributed by atoms with Gasteiger partial charge in [-0.1, -0.05) is 6.07 Å². The molecule has 0 fully saturated rings. The summed E-state index contributed by atoms with van der Waals surface area (Å²) in [7, 11) is 0. The van der Waals surface area contributed by atoms with Gasteiger partial charge in [-0.2, -0.15) is 0 Å². The van der Waals surface area contributed by atoms with Gasteiger partial charge in [0, 0.05) is 16.0 Å². The van der Waals surface area contributed by atoms with Gasteiger partial charge >= 0.3 is 0 Å². The van der Waals surface area contributed by atoms with E-state index in [1.54, 1.807) is 12.1 Å². The fourth-order valence-electron chi connectivity index (χ4n) is 1.22. The smallest absolute Gasteiger partial charge is 0.131 e. The number of fused-ring (bicyclic) bond motifs is 1. The van der Waals surface area contributed by atoms with Crippen LogP contribution in [0.2, 0.25) is 0 Å². The number of alkyl halides is 1. The third-order valence-corrected chi connectivity index (χ3v) is 3.83. The molecule has 0 radical (unpaired) electrons. The summed E-state index contributed by atoms with van der Waals surface area (Å²) in [4.78, 5) is 0. The zero-order chi connectivity index (χ0) is 9.42. The minimum Gasteiger partial charge on any atom is -0.206 e. The summed E-state index contributed by atoms with van der Waals surface area (Å²) in [6.07, 6.45) is 0. The zero-order valence-corrected chi connectivity index (χ0v) is 9.64. The van der Waals surface area contributed by atoms with Crippen molar-refractivity contribution in [2.75, 3.05) is 0 Å². The standard InChI is InChI=1S/C9H5BrClFS/c10-8-3-6-7(12)2-1-5(4-11)9(6)13-8/h1-3H,4H2. The van der Waals surface area contributed by atoms with Crippen LogP contribution in [0.1, 0.15) is 5.56 Å². The molecule has 1 aromatic heterocycles. The Morgan fingerprint density at radius 1 is 1.46 bits per heavy atom. The molecule has 2 aromatic rings. The van der Waals surface area contributed by atoms with Crippen LogP contribution >= 0.6 is 38.9 Å². The highest BCUT2D eigenvalue weighted by molar-refractivity contribution is 9.11. The number of rotatable bonds is 1. The molecule has 4 heteroatoms. The summed E-state index contributed by atoms with van der Waals surface area (Å²) in [5, 5.41) is 0.648. The van der Waals surface area contributed by atoms with Crippen LogP contribution in [-0.2, 0) is 5.88 Å². The van der Waals surface area contributed by atoms with Crippen molar-refractivity contribution in [1.82, 2.24) is 0 Å². The molecule has 0 aliphatic carbocycles. The highest BCUT2D eigenvalue weighted by Gasteiger charge is 2.08. The average Bonchev–Trinajstić information content (AvgIpc) is 2.48. The lowest BCUT2D eigenvalue weighted by molar-refractivity contribution is 0.640. The van der Waals surface area contributed by atoms with E-state index in [9.17, 15) is 4.39 Å². The van der Waals surface area contributed by atoms with Gasteiger partial charge in [0.1, 0.15) is 5.82 Å². The first-order chi connectivity index (χ1) is 6.22. The fourth-order valence-corrected chi connectivity index (χ4v) is 3.15. The molecule has 2 rings (SSSR count). The Labute approximate surface area is 92.5 Å². The van der Waals surface area contributed by atoms with Gasteiger partial charge in [-0.25, -0.2) is 4.39 Å². The minimum absolute atomic E-state index is 0.189. The molecule has 0 amide bonds. The second-order valence-corrected chi connectivity index (χ2v) is 5.33. The number of hydrogen-bond acceptors (Lipinski definition) is 1. The van der Waals surface area contributed by atoms with Gasteiger partial charge < -0.3 is 0 Å². The Morgan fingerprint density at radius 2 is 2.23 bits per heavy atom. The van der Waals surface area contributed by atoms with Crippen LogP contribution in [0.15, 0.2) is 22.0 Å². The van der Waals surface area contributed by atoms with E-state index >= 15 is 0 Å². The topological polar surface area (TPSA) is 0 Å².